The molecule has 0 aromatic carbocycles. The Morgan fingerprint density at radius 2 is 2.17 bits per heavy atom. The number of β-lactam (4-membered cyclic amide) rings is 1. The number of ether oxygens (including phenoxy) is 1. The zero-order chi connectivity index (χ0) is 17.2. The summed E-state index contributed by atoms with van der Waals surface area (Å²) in [5.74, 6) is -1.78. The number of hydrogen-bond donors (Lipinski definition) is 3. The zero-order valence-electron chi connectivity index (χ0n) is 13.1. The van der Waals surface area contributed by atoms with E-state index in [0.29, 0.717) is 18.0 Å². The predicted octanol–water partition coefficient (Wildman–Crippen LogP) is 1.62. The van der Waals surface area contributed by atoms with Crippen molar-refractivity contribution in [2.24, 2.45) is 5.92 Å². The Hall–Kier alpha value is -2.16. The number of carboxylic acid groups (broad SMARTS) is 1. The molecule has 2 rings (SSSR count). The quantitative estimate of drug-likeness (QED) is 0.701. The Bertz CT molecular complexity index is 622. The van der Waals surface area contributed by atoms with E-state index in [1.54, 1.807) is 27.0 Å². The Morgan fingerprint density at radius 3 is 2.74 bits per heavy atom. The molecule has 2 atom stereocenters. The van der Waals surface area contributed by atoms with Crippen LogP contribution in [0, 0.1) is 5.92 Å². The molecule has 8 nitrogen and oxygen atoms in total. The van der Waals surface area contributed by atoms with Crippen LogP contribution in [0.3, 0.4) is 0 Å². The number of thiazole rings is 1. The standard InChI is InChI=1S/C14H19N3O5S/c1-14(2,3)22-13(21)17-12-15-6-7(23-12)4-5-8-9(11(19)20)16-10(8)18/h6,8-9H,4-5H2,1-3H3,(H,16,18)(H,19,20)(H,15,17,21). The molecule has 1 aromatic rings. The largest absolute Gasteiger partial charge is 0.480 e. The van der Waals surface area contributed by atoms with Gasteiger partial charge in [0.1, 0.15) is 11.6 Å². The molecule has 1 fully saturated rings. The highest BCUT2D eigenvalue weighted by Gasteiger charge is 2.43. The van der Waals surface area contributed by atoms with E-state index in [-0.39, 0.29) is 5.91 Å². The lowest BCUT2D eigenvalue weighted by atomic mass is 9.86. The Morgan fingerprint density at radius 1 is 1.48 bits per heavy atom. The molecule has 1 aliphatic rings. The van der Waals surface area contributed by atoms with Crippen LogP contribution in [-0.4, -0.2) is 39.7 Å². The van der Waals surface area contributed by atoms with Gasteiger partial charge in [-0.3, -0.25) is 10.1 Å². The Labute approximate surface area is 137 Å². The van der Waals surface area contributed by atoms with Crippen LogP contribution in [0.2, 0.25) is 0 Å². The molecule has 0 spiro atoms. The number of nitrogens with one attached hydrogen (secondary N) is 2. The van der Waals surface area contributed by atoms with Crippen LogP contribution < -0.4 is 10.6 Å². The molecule has 9 heteroatoms. The molecule has 2 unspecified atom stereocenters. The van der Waals surface area contributed by atoms with Gasteiger partial charge in [-0.25, -0.2) is 14.6 Å². The highest BCUT2D eigenvalue weighted by Crippen LogP contribution is 2.25. The molecule has 0 bridgehead atoms. The number of carbonyl (C=O) groups is 3. The third-order valence-electron chi connectivity index (χ3n) is 3.17. The van der Waals surface area contributed by atoms with Crippen LogP contribution in [0.5, 0.6) is 0 Å². The van der Waals surface area contributed by atoms with Crippen molar-refractivity contribution in [2.45, 2.75) is 45.3 Å². The topological polar surface area (TPSA) is 118 Å². The highest BCUT2D eigenvalue weighted by molar-refractivity contribution is 7.15. The third-order valence-corrected chi connectivity index (χ3v) is 4.14. The molecule has 1 saturated heterocycles. The summed E-state index contributed by atoms with van der Waals surface area (Å²) in [5, 5.41) is 14.2. The van der Waals surface area contributed by atoms with Crippen molar-refractivity contribution in [1.29, 1.82) is 0 Å². The maximum atomic E-state index is 11.6. The molecule has 0 radical (unpaired) electrons. The zero-order valence-corrected chi connectivity index (χ0v) is 13.9. The molecule has 0 saturated carbocycles. The van der Waals surface area contributed by atoms with Gasteiger partial charge in [-0.05, 0) is 33.6 Å². The van der Waals surface area contributed by atoms with E-state index in [2.05, 4.69) is 15.6 Å². The number of carboxylic acids is 1. The number of aryl methyl sites for hydroxylation is 1. The SMILES string of the molecule is CC(C)(C)OC(=O)Nc1ncc(CCC2C(=O)NC2C(=O)O)s1. The van der Waals surface area contributed by atoms with Crippen LogP contribution in [-0.2, 0) is 20.7 Å². The normalized spacial score (nSPS) is 20.4. The van der Waals surface area contributed by atoms with Gasteiger partial charge in [0.05, 0.1) is 5.92 Å². The molecule has 3 N–H and O–H groups in total. The fraction of sp³-hybridized carbons (Fsp3) is 0.571. The van der Waals surface area contributed by atoms with E-state index < -0.39 is 29.6 Å². The van der Waals surface area contributed by atoms with Crippen molar-refractivity contribution >= 4 is 34.4 Å². The number of hydrogen-bond acceptors (Lipinski definition) is 6. The fourth-order valence-corrected chi connectivity index (χ4v) is 2.93. The molecule has 2 amide bonds. The van der Waals surface area contributed by atoms with Crippen LogP contribution in [0.25, 0.3) is 0 Å². The van der Waals surface area contributed by atoms with Crippen LogP contribution >= 0.6 is 11.3 Å². The first-order valence-electron chi connectivity index (χ1n) is 7.13. The average molecular weight is 341 g/mol. The highest BCUT2D eigenvalue weighted by atomic mass is 32.1. The molecular formula is C14H19N3O5S. The summed E-state index contributed by atoms with van der Waals surface area (Å²) < 4.78 is 5.13. The number of amides is 2. The predicted molar refractivity (Wildman–Crippen MR) is 83.3 cm³/mol. The maximum Gasteiger partial charge on any atom is 0.413 e. The van der Waals surface area contributed by atoms with Gasteiger partial charge in [0, 0.05) is 11.1 Å². The maximum absolute atomic E-state index is 11.6. The number of nitrogens with zero attached hydrogens (tertiary/aromatic N) is 1. The molecule has 0 aliphatic carbocycles. The lowest BCUT2D eigenvalue weighted by Gasteiger charge is -2.33. The van der Waals surface area contributed by atoms with Gasteiger partial charge >= 0.3 is 12.1 Å². The molecule has 1 aliphatic heterocycles. The number of carbonyl (C=O) groups excluding carboxylic acids is 2. The van der Waals surface area contributed by atoms with E-state index >= 15 is 0 Å². The second-order valence-electron chi connectivity index (χ2n) is 6.23. The molecule has 2 heterocycles. The van der Waals surface area contributed by atoms with Gasteiger partial charge in [-0.15, -0.1) is 11.3 Å². The number of rotatable bonds is 5. The third kappa shape index (κ3) is 4.65. The summed E-state index contributed by atoms with van der Waals surface area (Å²) in [6.45, 7) is 5.30. The van der Waals surface area contributed by atoms with E-state index in [1.165, 1.54) is 11.3 Å². The first-order valence-corrected chi connectivity index (χ1v) is 7.95. The van der Waals surface area contributed by atoms with Crippen LogP contribution in [0.15, 0.2) is 6.20 Å². The molecular weight excluding hydrogens is 322 g/mol. The summed E-state index contributed by atoms with van der Waals surface area (Å²) in [6.07, 6.45) is 1.97. The van der Waals surface area contributed by atoms with Crippen molar-refractivity contribution in [2.75, 3.05) is 5.32 Å². The van der Waals surface area contributed by atoms with Gasteiger partial charge < -0.3 is 15.2 Å². The first-order chi connectivity index (χ1) is 10.7. The van der Waals surface area contributed by atoms with Gasteiger partial charge in [0.15, 0.2) is 5.13 Å². The minimum absolute atomic E-state index is 0.242. The van der Waals surface area contributed by atoms with Crippen molar-refractivity contribution < 1.29 is 24.2 Å². The van der Waals surface area contributed by atoms with Crippen molar-refractivity contribution in [3.8, 4) is 0 Å². The van der Waals surface area contributed by atoms with Crippen molar-refractivity contribution in [3.63, 3.8) is 0 Å². The molecule has 126 valence electrons. The summed E-state index contributed by atoms with van der Waals surface area (Å²) >= 11 is 1.27. The fourth-order valence-electron chi connectivity index (χ4n) is 2.12. The molecule has 1 aromatic heterocycles. The average Bonchev–Trinajstić information content (AvgIpc) is 2.80. The second-order valence-corrected chi connectivity index (χ2v) is 7.34. The monoisotopic (exact) mass is 341 g/mol. The number of aromatic nitrogens is 1. The van der Waals surface area contributed by atoms with Crippen LogP contribution in [0.4, 0.5) is 9.93 Å². The lowest BCUT2D eigenvalue weighted by molar-refractivity contribution is -0.153. The Balaban J connectivity index is 1.84. The van der Waals surface area contributed by atoms with Crippen molar-refractivity contribution in [1.82, 2.24) is 10.3 Å². The number of anilines is 1. The Kier molecular flexibility index (Phi) is 4.88. The minimum atomic E-state index is -1.02. The van der Waals surface area contributed by atoms with E-state index in [4.69, 9.17) is 9.84 Å². The summed E-state index contributed by atoms with van der Waals surface area (Å²) in [6, 6.07) is -0.810. The van der Waals surface area contributed by atoms with Crippen LogP contribution in [0.1, 0.15) is 32.1 Å². The molecule has 23 heavy (non-hydrogen) atoms. The summed E-state index contributed by atoms with van der Waals surface area (Å²) in [5.41, 5.74) is -0.590. The minimum Gasteiger partial charge on any atom is -0.480 e. The van der Waals surface area contributed by atoms with E-state index in [1.807, 2.05) is 0 Å². The lowest BCUT2D eigenvalue weighted by Crippen LogP contribution is -2.61. The summed E-state index contributed by atoms with van der Waals surface area (Å²) in [7, 11) is 0. The van der Waals surface area contributed by atoms with Crippen molar-refractivity contribution in [3.05, 3.63) is 11.1 Å². The summed E-state index contributed by atoms with van der Waals surface area (Å²) in [4.78, 5) is 38.9. The second kappa shape index (κ2) is 6.53. The van der Waals surface area contributed by atoms with Gasteiger partial charge in [-0.1, -0.05) is 0 Å². The number of aliphatic carboxylic acids is 1. The van der Waals surface area contributed by atoms with E-state index in [0.717, 1.165) is 4.88 Å². The first kappa shape index (κ1) is 17.2. The van der Waals surface area contributed by atoms with Gasteiger partial charge in [0.25, 0.3) is 0 Å². The van der Waals surface area contributed by atoms with Gasteiger partial charge in [-0.2, -0.15) is 0 Å². The van der Waals surface area contributed by atoms with Gasteiger partial charge in [0.2, 0.25) is 5.91 Å². The van der Waals surface area contributed by atoms with E-state index in [9.17, 15) is 14.4 Å². The smallest absolute Gasteiger partial charge is 0.413 e.